The highest BCUT2D eigenvalue weighted by molar-refractivity contribution is 5.73. The largest absolute Gasteiger partial charge is 0.465 e. The monoisotopic (exact) mass is 75.0 g/mol. The summed E-state index contributed by atoms with van der Waals surface area (Å²) in [5, 5.41) is 0. The van der Waals surface area contributed by atoms with Gasteiger partial charge >= 0.3 is 5.97 Å². The van der Waals surface area contributed by atoms with Crippen LogP contribution in [0, 0.1) is 0 Å². The molecule has 0 aromatic heterocycles. The van der Waals surface area contributed by atoms with E-state index in [9.17, 15) is 4.79 Å². The molecule has 0 radical (unpaired) electrons. The van der Waals surface area contributed by atoms with Gasteiger partial charge in [-0.1, -0.05) is 0 Å². The van der Waals surface area contributed by atoms with E-state index in [2.05, 4.69) is 4.74 Å². The second-order valence-corrected chi connectivity index (χ2v) is 0.795. The maximum Gasteiger partial charge on any atom is 0.309 e. The first-order valence-corrected chi connectivity index (χ1v) is 1.32. The van der Waals surface area contributed by atoms with Crippen LogP contribution in [-0.4, -0.2) is 12.5 Å². The van der Waals surface area contributed by atoms with E-state index in [1.54, 1.807) is 0 Å². The van der Waals surface area contributed by atoms with Crippen LogP contribution in [0.1, 0.15) is 9.16 Å². The Morgan fingerprint density at radius 3 is 2.80 bits per heavy atom. The van der Waals surface area contributed by atoms with Gasteiger partial charge in [-0.05, 0) is 0 Å². The van der Waals surface area contributed by atoms with Crippen molar-refractivity contribution in [2.45, 2.75) is 6.42 Å². The highest BCUT2D eigenvalue weighted by atomic mass is 16.6. The maximum atomic E-state index is 9.85. The Labute approximate surface area is 32.5 Å². The van der Waals surface area contributed by atoms with E-state index < -0.39 is 12.5 Å². The first-order valence-electron chi connectivity index (χ1n) is 2.32. The van der Waals surface area contributed by atoms with Crippen molar-refractivity contribution in [3.05, 3.63) is 0 Å². The van der Waals surface area contributed by atoms with Gasteiger partial charge in [-0.15, -0.1) is 0 Å². The summed E-state index contributed by atoms with van der Waals surface area (Å²) < 4.78 is 17.3. The first-order chi connectivity index (χ1) is 3.10. The van der Waals surface area contributed by atoms with E-state index in [1.807, 2.05) is 0 Å². The zero-order chi connectivity index (χ0) is 5.49. The zero-order valence-corrected chi connectivity index (χ0v) is 2.52. The normalized spacial score (nSPS) is 36.4. The third-order valence-electron chi connectivity index (χ3n) is 0.403. The van der Waals surface area contributed by atoms with Crippen molar-refractivity contribution >= 4 is 5.97 Å². The first kappa shape index (κ1) is 1.29. The smallest absolute Gasteiger partial charge is 0.309 e. The zero-order valence-electron chi connectivity index (χ0n) is 4.52. The molecule has 1 saturated heterocycles. The number of cyclic esters (lactones) is 1. The fourth-order valence-electron chi connectivity index (χ4n) is 0.131. The summed E-state index contributed by atoms with van der Waals surface area (Å²) >= 11 is 0. The van der Waals surface area contributed by atoms with Crippen LogP contribution >= 0.6 is 0 Å². The van der Waals surface area contributed by atoms with Gasteiger partial charge in [0.25, 0.3) is 0 Å². The van der Waals surface area contributed by atoms with E-state index in [-0.39, 0.29) is 6.42 Å². The summed E-state index contributed by atoms with van der Waals surface area (Å²) in [6, 6.07) is 0. The number of hydrogen-bond acceptors (Lipinski definition) is 2. The van der Waals surface area contributed by atoms with Gasteiger partial charge in [0, 0.05) is 0 Å². The number of esters is 1. The molecular weight excluding hydrogens is 69.0 g/mol. The van der Waals surface area contributed by atoms with E-state index in [4.69, 9.17) is 2.74 Å². The quantitative estimate of drug-likeness (QED) is 0.297. The summed E-state index contributed by atoms with van der Waals surface area (Å²) in [6.45, 7) is -1.66. The molecule has 0 atom stereocenters. The lowest BCUT2D eigenvalue weighted by Gasteiger charge is -2.09. The van der Waals surface area contributed by atoms with Crippen LogP contribution in [0.4, 0.5) is 0 Å². The van der Waals surface area contributed by atoms with E-state index in [0.29, 0.717) is 0 Å². The predicted molar refractivity (Wildman–Crippen MR) is 15.6 cm³/mol. The van der Waals surface area contributed by atoms with Gasteiger partial charge in [0.2, 0.25) is 0 Å². The molecule has 0 spiro atoms. The lowest BCUT2D eigenvalue weighted by Crippen LogP contribution is -2.18. The van der Waals surface area contributed by atoms with Gasteiger partial charge in [-0.2, -0.15) is 0 Å². The summed E-state index contributed by atoms with van der Waals surface area (Å²) in [5.41, 5.74) is 0. The van der Waals surface area contributed by atoms with Crippen LogP contribution in [0.3, 0.4) is 0 Å². The van der Waals surface area contributed by atoms with Crippen LogP contribution in [0.25, 0.3) is 0 Å². The van der Waals surface area contributed by atoms with Crippen molar-refractivity contribution in [1.29, 1.82) is 0 Å². The molecule has 5 heavy (non-hydrogen) atoms. The minimum atomic E-state index is -1.66. The molecule has 1 fully saturated rings. The SMILES string of the molecule is [2H]C1([2H])C[13C](=O)O1. The number of carbonyl (C=O) groups is 1. The molecule has 1 aliphatic rings. The van der Waals surface area contributed by atoms with Gasteiger partial charge in [0.15, 0.2) is 0 Å². The van der Waals surface area contributed by atoms with Gasteiger partial charge in [-0.3, -0.25) is 4.79 Å². The Hall–Kier alpha value is -0.530. The maximum absolute atomic E-state index is 9.85. The van der Waals surface area contributed by atoms with Gasteiger partial charge < -0.3 is 4.74 Å². The third kappa shape index (κ3) is 0.251. The summed E-state index contributed by atoms with van der Waals surface area (Å²) in [4.78, 5) is 9.85. The fourth-order valence-corrected chi connectivity index (χ4v) is 0.131. The molecule has 0 aliphatic carbocycles. The minimum Gasteiger partial charge on any atom is -0.465 e. The van der Waals surface area contributed by atoms with Crippen LogP contribution < -0.4 is 0 Å². The molecule has 1 heterocycles. The van der Waals surface area contributed by atoms with Crippen LogP contribution in [0.15, 0.2) is 0 Å². The van der Waals surface area contributed by atoms with Crippen molar-refractivity contribution in [2.75, 3.05) is 6.56 Å². The molecule has 0 unspecified atom stereocenters. The van der Waals surface area contributed by atoms with Crippen molar-refractivity contribution in [3.63, 3.8) is 0 Å². The van der Waals surface area contributed by atoms with Gasteiger partial charge in [0.1, 0.15) is 6.56 Å². The Bertz CT molecular complexity index is 99.5. The van der Waals surface area contributed by atoms with E-state index in [1.165, 1.54) is 0 Å². The highest BCUT2D eigenvalue weighted by Crippen LogP contribution is 1.97. The molecule has 0 N–H and O–H groups in total. The molecular formula is C3H4O2. The molecule has 0 bridgehead atoms. The highest BCUT2D eigenvalue weighted by Gasteiger charge is 2.10. The number of rotatable bonds is 0. The summed E-state index contributed by atoms with van der Waals surface area (Å²) in [6.07, 6.45) is -0.0903. The van der Waals surface area contributed by atoms with Crippen molar-refractivity contribution in [3.8, 4) is 0 Å². The number of carbonyl (C=O) groups excluding carboxylic acids is 1. The Kier molecular flexibility index (Phi) is 0.182. The van der Waals surface area contributed by atoms with Crippen LogP contribution in [0.5, 0.6) is 0 Å². The molecule has 0 aromatic carbocycles. The second-order valence-electron chi connectivity index (χ2n) is 0.795. The lowest BCUT2D eigenvalue weighted by molar-refractivity contribution is -0.157. The van der Waals surface area contributed by atoms with E-state index in [0.717, 1.165) is 0 Å². The topological polar surface area (TPSA) is 26.3 Å². The summed E-state index contributed by atoms with van der Waals surface area (Å²) in [5.74, 6) is -0.454. The Morgan fingerprint density at radius 2 is 2.80 bits per heavy atom. The molecule has 2 nitrogen and oxygen atoms in total. The average molecular weight is 75.1 g/mol. The van der Waals surface area contributed by atoms with E-state index >= 15 is 0 Å². The standard InChI is InChI=1S/C3H4O2/c4-3-1-2-5-3/h1-2H2/i2D2,3+1. The predicted octanol–water partition coefficient (Wildman–Crippen LogP) is -0.0667. The second kappa shape index (κ2) is 0.708. The molecule has 2 heteroatoms. The Balaban J connectivity index is 2.43. The van der Waals surface area contributed by atoms with Gasteiger partial charge in [0.05, 0.1) is 9.16 Å². The Morgan fingerprint density at radius 1 is 2.20 bits per heavy atom. The molecule has 1 aliphatic heterocycles. The van der Waals surface area contributed by atoms with Crippen molar-refractivity contribution in [2.24, 2.45) is 0 Å². The third-order valence-corrected chi connectivity index (χ3v) is 0.403. The minimum absolute atomic E-state index is 0.0903. The molecule has 0 amide bonds. The summed E-state index contributed by atoms with van der Waals surface area (Å²) in [7, 11) is 0. The van der Waals surface area contributed by atoms with Gasteiger partial charge in [-0.25, -0.2) is 0 Å². The number of ether oxygens (including phenoxy) is 1. The molecule has 0 aromatic rings. The molecule has 1 rings (SSSR count). The average Bonchev–Trinajstić information content (AvgIpc) is 1.27. The van der Waals surface area contributed by atoms with Crippen molar-refractivity contribution in [1.82, 2.24) is 0 Å². The van der Waals surface area contributed by atoms with Crippen LogP contribution in [0.2, 0.25) is 0 Å². The van der Waals surface area contributed by atoms with Crippen molar-refractivity contribution < 1.29 is 12.3 Å². The molecule has 28 valence electrons. The lowest BCUT2D eigenvalue weighted by atomic mass is 10.6. The fraction of sp³-hybridized carbons (Fsp3) is 0.667. The molecule has 0 saturated carbocycles. The van der Waals surface area contributed by atoms with Crippen LogP contribution in [-0.2, 0) is 9.53 Å². The number of hydrogen-bond donors (Lipinski definition) is 0.